The maximum atomic E-state index is 12.4. The van der Waals surface area contributed by atoms with Gasteiger partial charge in [0, 0.05) is 31.2 Å². The van der Waals surface area contributed by atoms with E-state index in [1.54, 1.807) is 31.4 Å². The number of rotatable bonds is 7. The molecular weight excluding hydrogens is 344 g/mol. The third-order valence-electron chi connectivity index (χ3n) is 4.42. The molecule has 140 valence electrons. The van der Waals surface area contributed by atoms with Gasteiger partial charge in [-0.1, -0.05) is 12.1 Å². The van der Waals surface area contributed by atoms with Crippen molar-refractivity contribution in [3.05, 3.63) is 35.4 Å². The molecule has 0 aliphatic carbocycles. The lowest BCUT2D eigenvalue weighted by molar-refractivity contribution is 0.0512. The first-order valence-electron chi connectivity index (χ1n) is 8.15. The van der Waals surface area contributed by atoms with Gasteiger partial charge in [0.05, 0.1) is 6.61 Å². The quantitative estimate of drug-likeness (QED) is 0.575. The van der Waals surface area contributed by atoms with Crippen molar-refractivity contribution in [3.8, 4) is 0 Å². The molecule has 1 aromatic rings. The lowest BCUT2D eigenvalue weighted by Crippen LogP contribution is -2.47. The van der Waals surface area contributed by atoms with Gasteiger partial charge >= 0.3 is 6.03 Å². The van der Waals surface area contributed by atoms with Crippen LogP contribution in [0.25, 0.3) is 0 Å². The van der Waals surface area contributed by atoms with Crippen molar-refractivity contribution in [2.45, 2.75) is 19.4 Å². The zero-order valence-electron chi connectivity index (χ0n) is 14.5. The van der Waals surface area contributed by atoms with Crippen LogP contribution in [0.4, 0.5) is 4.79 Å². The monoisotopic (exact) mass is 370 g/mol. The molecule has 1 aliphatic heterocycles. The van der Waals surface area contributed by atoms with Crippen molar-refractivity contribution in [1.82, 2.24) is 16.0 Å². The first kappa shape index (κ1) is 21.2. The minimum atomic E-state index is -0.567. The number of benzene rings is 1. The van der Waals surface area contributed by atoms with Crippen molar-refractivity contribution < 1.29 is 14.3 Å². The fourth-order valence-electron chi connectivity index (χ4n) is 2.97. The van der Waals surface area contributed by atoms with E-state index in [1.807, 2.05) is 0 Å². The van der Waals surface area contributed by atoms with Crippen molar-refractivity contribution in [2.24, 2.45) is 11.1 Å². The van der Waals surface area contributed by atoms with E-state index in [0.717, 1.165) is 31.5 Å². The summed E-state index contributed by atoms with van der Waals surface area (Å²) in [6, 6.07) is 6.54. The minimum absolute atomic E-state index is 0. The number of piperidine rings is 1. The third kappa shape index (κ3) is 6.53. The van der Waals surface area contributed by atoms with Gasteiger partial charge in [0.25, 0.3) is 5.91 Å². The molecule has 1 fully saturated rings. The fourth-order valence-corrected chi connectivity index (χ4v) is 2.97. The van der Waals surface area contributed by atoms with Gasteiger partial charge in [-0.25, -0.2) is 4.79 Å². The summed E-state index contributed by atoms with van der Waals surface area (Å²) in [7, 11) is 1.70. The smallest absolute Gasteiger partial charge is 0.312 e. The summed E-state index contributed by atoms with van der Waals surface area (Å²) >= 11 is 0. The van der Waals surface area contributed by atoms with Crippen molar-refractivity contribution >= 4 is 24.3 Å². The highest BCUT2D eigenvalue weighted by atomic mass is 35.5. The van der Waals surface area contributed by atoms with Crippen LogP contribution in [0.5, 0.6) is 0 Å². The van der Waals surface area contributed by atoms with Gasteiger partial charge in [0.1, 0.15) is 0 Å². The number of hydrogen-bond donors (Lipinski definition) is 4. The summed E-state index contributed by atoms with van der Waals surface area (Å²) in [5.74, 6) is -0.0987. The molecule has 0 bridgehead atoms. The Kier molecular flexibility index (Phi) is 8.68. The molecule has 1 aromatic carbocycles. The SMILES string of the molecule is COCC1(CNC(=O)c2ccc(CNC(N)=O)cc2)CCNCC1.Cl. The van der Waals surface area contributed by atoms with Crippen LogP contribution in [0, 0.1) is 5.41 Å². The molecule has 1 saturated heterocycles. The number of nitrogens with one attached hydrogen (secondary N) is 3. The largest absolute Gasteiger partial charge is 0.384 e. The molecule has 1 heterocycles. The zero-order chi connectivity index (χ0) is 17.4. The summed E-state index contributed by atoms with van der Waals surface area (Å²) in [5, 5.41) is 8.88. The third-order valence-corrected chi connectivity index (χ3v) is 4.42. The molecule has 0 radical (unpaired) electrons. The Labute approximate surface area is 154 Å². The molecule has 25 heavy (non-hydrogen) atoms. The molecular formula is C17H27ClN4O3. The molecule has 8 heteroatoms. The number of primary amides is 1. The van der Waals surface area contributed by atoms with Crippen molar-refractivity contribution in [3.63, 3.8) is 0 Å². The second-order valence-corrected chi connectivity index (χ2v) is 6.28. The van der Waals surface area contributed by atoms with E-state index < -0.39 is 6.03 Å². The molecule has 0 aromatic heterocycles. The topological polar surface area (TPSA) is 105 Å². The number of methoxy groups -OCH3 is 1. The van der Waals surface area contributed by atoms with Crippen LogP contribution < -0.4 is 21.7 Å². The Morgan fingerprint density at radius 1 is 1.20 bits per heavy atom. The normalized spacial score (nSPS) is 15.7. The molecule has 2 rings (SSSR count). The summed E-state index contributed by atoms with van der Waals surface area (Å²) < 4.78 is 5.36. The van der Waals surface area contributed by atoms with Crippen LogP contribution >= 0.6 is 12.4 Å². The van der Waals surface area contributed by atoms with Gasteiger partial charge in [-0.15, -0.1) is 12.4 Å². The molecule has 0 spiro atoms. The van der Waals surface area contributed by atoms with E-state index >= 15 is 0 Å². The van der Waals surface area contributed by atoms with Crippen LogP contribution in [0.1, 0.15) is 28.8 Å². The fraction of sp³-hybridized carbons (Fsp3) is 0.529. The number of urea groups is 1. The van der Waals surface area contributed by atoms with Crippen molar-refractivity contribution in [1.29, 1.82) is 0 Å². The number of ether oxygens (including phenoxy) is 1. The van der Waals surface area contributed by atoms with Gasteiger partial charge in [0.2, 0.25) is 0 Å². The highest BCUT2D eigenvalue weighted by Crippen LogP contribution is 2.28. The first-order valence-corrected chi connectivity index (χ1v) is 8.15. The molecule has 1 aliphatic rings. The molecule has 0 atom stereocenters. The van der Waals surface area contributed by atoms with Gasteiger partial charge in [-0.2, -0.15) is 0 Å². The number of amides is 3. The van der Waals surface area contributed by atoms with Crippen LogP contribution in [0.3, 0.4) is 0 Å². The maximum Gasteiger partial charge on any atom is 0.312 e. The van der Waals surface area contributed by atoms with E-state index in [9.17, 15) is 9.59 Å². The highest BCUT2D eigenvalue weighted by molar-refractivity contribution is 5.94. The number of carbonyl (C=O) groups is 2. The first-order chi connectivity index (χ1) is 11.5. The van der Waals surface area contributed by atoms with Gasteiger partial charge in [-0.3, -0.25) is 4.79 Å². The maximum absolute atomic E-state index is 12.4. The average molecular weight is 371 g/mol. The summed E-state index contributed by atoms with van der Waals surface area (Å²) in [6.07, 6.45) is 1.97. The molecule has 3 amide bonds. The van der Waals surface area contributed by atoms with Crippen LogP contribution in [0.15, 0.2) is 24.3 Å². The Morgan fingerprint density at radius 3 is 2.40 bits per heavy atom. The number of nitrogens with two attached hydrogens (primary N) is 1. The summed E-state index contributed by atoms with van der Waals surface area (Å²) in [6.45, 7) is 3.49. The standard InChI is InChI=1S/C17H26N4O3.ClH/c1-24-12-17(6-8-19-9-7-17)11-21-15(22)14-4-2-13(3-5-14)10-20-16(18)23;/h2-5,19H,6-12H2,1H3,(H,21,22)(H3,18,20,23);1H. The minimum Gasteiger partial charge on any atom is -0.384 e. The number of carbonyl (C=O) groups excluding carboxylic acids is 2. The second kappa shape index (κ2) is 10.2. The molecule has 5 N–H and O–H groups in total. The van der Waals surface area contributed by atoms with Gasteiger partial charge < -0.3 is 26.4 Å². The Bertz CT molecular complexity index is 554. The summed E-state index contributed by atoms with van der Waals surface area (Å²) in [5.41, 5.74) is 6.52. The molecule has 0 saturated carbocycles. The zero-order valence-corrected chi connectivity index (χ0v) is 15.3. The van der Waals surface area contributed by atoms with E-state index in [1.165, 1.54) is 0 Å². The van der Waals surface area contributed by atoms with Crippen LogP contribution in [0.2, 0.25) is 0 Å². The highest BCUT2D eigenvalue weighted by Gasteiger charge is 2.32. The van der Waals surface area contributed by atoms with Gasteiger partial charge in [0.15, 0.2) is 0 Å². The van der Waals surface area contributed by atoms with Gasteiger partial charge in [-0.05, 0) is 43.6 Å². The molecule has 0 unspecified atom stereocenters. The Balaban J connectivity index is 0.00000312. The number of hydrogen-bond acceptors (Lipinski definition) is 4. The Morgan fingerprint density at radius 2 is 1.84 bits per heavy atom. The predicted molar refractivity (Wildman–Crippen MR) is 98.9 cm³/mol. The lowest BCUT2D eigenvalue weighted by Gasteiger charge is -2.37. The van der Waals surface area contributed by atoms with Crippen LogP contribution in [-0.2, 0) is 11.3 Å². The van der Waals surface area contributed by atoms with E-state index in [0.29, 0.717) is 25.3 Å². The number of halogens is 1. The van der Waals surface area contributed by atoms with Crippen LogP contribution in [-0.4, -0.2) is 45.3 Å². The second-order valence-electron chi connectivity index (χ2n) is 6.28. The predicted octanol–water partition coefficient (Wildman–Crippen LogP) is 1.02. The van der Waals surface area contributed by atoms with E-state index in [2.05, 4.69) is 16.0 Å². The van der Waals surface area contributed by atoms with E-state index in [-0.39, 0.29) is 23.7 Å². The average Bonchev–Trinajstić information content (AvgIpc) is 2.59. The summed E-state index contributed by atoms with van der Waals surface area (Å²) in [4.78, 5) is 23.1. The molecule has 7 nitrogen and oxygen atoms in total. The Hall–Kier alpha value is -1.83. The van der Waals surface area contributed by atoms with E-state index in [4.69, 9.17) is 10.5 Å². The lowest BCUT2D eigenvalue weighted by atomic mass is 9.79. The van der Waals surface area contributed by atoms with Crippen molar-refractivity contribution in [2.75, 3.05) is 33.4 Å².